The number of nitrogens with one attached hydrogen (secondary N) is 2. The molecule has 0 aliphatic carbocycles. The highest BCUT2D eigenvalue weighted by atomic mass is 35.5. The normalized spacial score (nSPS) is 10.6. The molecule has 0 saturated heterocycles. The van der Waals surface area contributed by atoms with Crippen molar-refractivity contribution in [2.75, 3.05) is 17.7 Å². The average molecular weight is 385 g/mol. The second-order valence-corrected chi connectivity index (χ2v) is 6.43. The molecule has 0 aliphatic rings. The zero-order chi connectivity index (χ0) is 19.2. The number of nitrogens with zero attached hydrogens (tertiary/aromatic N) is 2. The highest BCUT2D eigenvalue weighted by Gasteiger charge is 2.08. The van der Waals surface area contributed by atoms with E-state index in [0.29, 0.717) is 22.5 Å². The summed E-state index contributed by atoms with van der Waals surface area (Å²) in [5, 5.41) is 6.93. The van der Waals surface area contributed by atoms with E-state index in [-0.39, 0.29) is 6.10 Å². The van der Waals surface area contributed by atoms with Crippen LogP contribution in [0.1, 0.15) is 13.8 Å². The molecule has 2 N–H and O–H groups in total. The fraction of sp³-hybridized carbons (Fsp3) is 0.200. The molecule has 27 heavy (non-hydrogen) atoms. The van der Waals surface area contributed by atoms with Gasteiger partial charge in [0.05, 0.1) is 23.9 Å². The van der Waals surface area contributed by atoms with Crippen LogP contribution < -0.4 is 20.1 Å². The molecule has 1 aromatic heterocycles. The molecule has 0 aliphatic heterocycles. The van der Waals surface area contributed by atoms with Gasteiger partial charge in [-0.15, -0.1) is 0 Å². The van der Waals surface area contributed by atoms with Crippen molar-refractivity contribution in [2.24, 2.45) is 0 Å². The van der Waals surface area contributed by atoms with E-state index < -0.39 is 0 Å². The third-order valence-corrected chi connectivity index (χ3v) is 3.87. The van der Waals surface area contributed by atoms with Gasteiger partial charge >= 0.3 is 0 Å². The third kappa shape index (κ3) is 5.01. The summed E-state index contributed by atoms with van der Waals surface area (Å²) in [5.74, 6) is 2.46. The van der Waals surface area contributed by atoms with E-state index in [2.05, 4.69) is 20.6 Å². The van der Waals surface area contributed by atoms with Crippen molar-refractivity contribution in [3.63, 3.8) is 0 Å². The molecule has 0 bridgehead atoms. The molecule has 6 nitrogen and oxygen atoms in total. The van der Waals surface area contributed by atoms with E-state index in [1.54, 1.807) is 31.5 Å². The molecular weight excluding hydrogens is 364 g/mol. The van der Waals surface area contributed by atoms with Crippen molar-refractivity contribution >= 4 is 34.7 Å². The van der Waals surface area contributed by atoms with Crippen LogP contribution in [0.5, 0.6) is 11.5 Å². The standard InChI is InChI=1S/C20H21ClN4O2/c1-13(2)27-18-7-5-4-6-16(18)24-20-22-11-10-19(25-20)23-14-8-9-17(26-3)15(21)12-14/h4-13H,1-3H3,(H2,22,23,24,25). The second-order valence-electron chi connectivity index (χ2n) is 6.03. The topological polar surface area (TPSA) is 68.3 Å². The highest BCUT2D eigenvalue weighted by molar-refractivity contribution is 6.32. The number of benzene rings is 2. The first-order valence-corrected chi connectivity index (χ1v) is 8.89. The minimum Gasteiger partial charge on any atom is -0.495 e. The van der Waals surface area contributed by atoms with Gasteiger partial charge in [0.2, 0.25) is 5.95 Å². The minimum absolute atomic E-state index is 0.0710. The molecule has 0 saturated carbocycles. The van der Waals surface area contributed by atoms with Crippen molar-refractivity contribution in [3.8, 4) is 11.5 Å². The minimum atomic E-state index is 0.0710. The van der Waals surface area contributed by atoms with Crippen LogP contribution in [0.15, 0.2) is 54.7 Å². The Hall–Kier alpha value is -2.99. The largest absolute Gasteiger partial charge is 0.495 e. The highest BCUT2D eigenvalue weighted by Crippen LogP contribution is 2.29. The van der Waals surface area contributed by atoms with Crippen LogP contribution >= 0.6 is 11.6 Å². The van der Waals surface area contributed by atoms with E-state index >= 15 is 0 Å². The zero-order valence-corrected chi connectivity index (χ0v) is 16.1. The number of para-hydroxylation sites is 2. The number of methoxy groups -OCH3 is 1. The van der Waals surface area contributed by atoms with Crippen LogP contribution in [0.25, 0.3) is 0 Å². The maximum absolute atomic E-state index is 6.17. The Bertz CT molecular complexity index is 918. The molecule has 3 rings (SSSR count). The Kier molecular flexibility index (Phi) is 5.98. The van der Waals surface area contributed by atoms with Gasteiger partial charge in [-0.25, -0.2) is 4.98 Å². The SMILES string of the molecule is COc1ccc(Nc2ccnc(Nc3ccccc3OC(C)C)n2)cc1Cl. The lowest BCUT2D eigenvalue weighted by atomic mass is 10.3. The Morgan fingerprint density at radius 1 is 1.00 bits per heavy atom. The molecule has 0 radical (unpaired) electrons. The van der Waals surface area contributed by atoms with Crippen molar-refractivity contribution in [1.29, 1.82) is 0 Å². The fourth-order valence-electron chi connectivity index (χ4n) is 2.43. The first kappa shape index (κ1) is 18.8. The fourth-order valence-corrected chi connectivity index (χ4v) is 2.69. The molecular formula is C20H21ClN4O2. The van der Waals surface area contributed by atoms with Gasteiger partial charge in [-0.2, -0.15) is 4.98 Å². The Morgan fingerprint density at radius 2 is 1.81 bits per heavy atom. The van der Waals surface area contributed by atoms with Crippen molar-refractivity contribution < 1.29 is 9.47 Å². The van der Waals surface area contributed by atoms with Gasteiger partial charge in [0.1, 0.15) is 17.3 Å². The van der Waals surface area contributed by atoms with Gasteiger partial charge < -0.3 is 20.1 Å². The van der Waals surface area contributed by atoms with Gasteiger partial charge in [-0.1, -0.05) is 23.7 Å². The quantitative estimate of drug-likeness (QED) is 0.567. The summed E-state index contributed by atoms with van der Waals surface area (Å²) in [5.41, 5.74) is 1.60. The van der Waals surface area contributed by atoms with Gasteiger partial charge in [-0.05, 0) is 50.2 Å². The zero-order valence-electron chi connectivity index (χ0n) is 15.4. The predicted octanol–water partition coefficient (Wildman–Crippen LogP) is 5.41. The maximum Gasteiger partial charge on any atom is 0.229 e. The number of hydrogen-bond acceptors (Lipinski definition) is 6. The van der Waals surface area contributed by atoms with E-state index in [4.69, 9.17) is 21.1 Å². The molecule has 0 atom stereocenters. The number of anilines is 4. The van der Waals surface area contributed by atoms with Gasteiger partial charge in [0.25, 0.3) is 0 Å². The number of halogens is 1. The van der Waals surface area contributed by atoms with Crippen LogP contribution in [0, 0.1) is 0 Å². The second kappa shape index (κ2) is 8.60. The molecule has 0 fully saturated rings. The molecule has 140 valence electrons. The predicted molar refractivity (Wildman–Crippen MR) is 109 cm³/mol. The van der Waals surface area contributed by atoms with Crippen LogP contribution in [0.4, 0.5) is 23.1 Å². The van der Waals surface area contributed by atoms with Crippen molar-refractivity contribution in [1.82, 2.24) is 9.97 Å². The van der Waals surface area contributed by atoms with Crippen LogP contribution in [0.3, 0.4) is 0 Å². The summed E-state index contributed by atoms with van der Waals surface area (Å²) in [7, 11) is 1.58. The summed E-state index contributed by atoms with van der Waals surface area (Å²) >= 11 is 6.17. The summed E-state index contributed by atoms with van der Waals surface area (Å²) < 4.78 is 11.0. The number of rotatable bonds is 7. The van der Waals surface area contributed by atoms with Crippen LogP contribution in [-0.2, 0) is 0 Å². The molecule has 0 spiro atoms. The monoisotopic (exact) mass is 384 g/mol. The van der Waals surface area contributed by atoms with Gasteiger partial charge in [-0.3, -0.25) is 0 Å². The summed E-state index contributed by atoms with van der Waals surface area (Å²) in [6, 6.07) is 14.9. The molecule has 7 heteroatoms. The Balaban J connectivity index is 1.77. The van der Waals surface area contributed by atoms with E-state index in [0.717, 1.165) is 17.1 Å². The lowest BCUT2D eigenvalue weighted by molar-refractivity contribution is 0.244. The molecule has 2 aromatic carbocycles. The van der Waals surface area contributed by atoms with E-state index in [1.807, 2.05) is 44.2 Å². The summed E-state index contributed by atoms with van der Waals surface area (Å²) in [6.07, 6.45) is 1.75. The van der Waals surface area contributed by atoms with Crippen molar-refractivity contribution in [2.45, 2.75) is 20.0 Å². The lowest BCUT2D eigenvalue weighted by Gasteiger charge is -2.15. The summed E-state index contributed by atoms with van der Waals surface area (Å²) in [6.45, 7) is 3.97. The molecule has 1 heterocycles. The summed E-state index contributed by atoms with van der Waals surface area (Å²) in [4.78, 5) is 8.77. The average Bonchev–Trinajstić information content (AvgIpc) is 2.63. The van der Waals surface area contributed by atoms with E-state index in [9.17, 15) is 0 Å². The number of ether oxygens (including phenoxy) is 2. The third-order valence-electron chi connectivity index (χ3n) is 3.58. The first-order chi connectivity index (χ1) is 13.0. The Morgan fingerprint density at radius 3 is 2.56 bits per heavy atom. The molecule has 0 unspecified atom stereocenters. The van der Waals surface area contributed by atoms with Crippen molar-refractivity contribution in [3.05, 3.63) is 59.8 Å². The van der Waals surface area contributed by atoms with E-state index in [1.165, 1.54) is 0 Å². The van der Waals surface area contributed by atoms with Gasteiger partial charge in [0.15, 0.2) is 0 Å². The van der Waals surface area contributed by atoms with Crippen LogP contribution in [-0.4, -0.2) is 23.2 Å². The maximum atomic E-state index is 6.17. The van der Waals surface area contributed by atoms with Gasteiger partial charge in [0, 0.05) is 11.9 Å². The first-order valence-electron chi connectivity index (χ1n) is 8.51. The van der Waals surface area contributed by atoms with Crippen LogP contribution in [0.2, 0.25) is 5.02 Å². The Labute approximate surface area is 163 Å². The number of aromatic nitrogens is 2. The molecule has 0 amide bonds. The smallest absolute Gasteiger partial charge is 0.229 e. The number of hydrogen-bond donors (Lipinski definition) is 2. The lowest BCUT2D eigenvalue weighted by Crippen LogP contribution is -2.08. The molecule has 3 aromatic rings.